The van der Waals surface area contributed by atoms with Gasteiger partial charge in [0.2, 0.25) is 0 Å². The van der Waals surface area contributed by atoms with Gasteiger partial charge in [0.15, 0.2) is 0 Å². The number of hydrogen-bond donors (Lipinski definition) is 0. The average molecular weight is 511 g/mol. The topological polar surface area (TPSA) is 70.8 Å². The van der Waals surface area contributed by atoms with Crippen LogP contribution in [0.15, 0.2) is 46.4 Å². The maximum atomic E-state index is 11.4. The first-order valence-electron chi connectivity index (χ1n) is 10.5. The summed E-state index contributed by atoms with van der Waals surface area (Å²) in [6.45, 7) is 0. The summed E-state index contributed by atoms with van der Waals surface area (Å²) in [6.07, 6.45) is 12.9. The SMILES string of the molecule is [O-]c1ccc(Cl)cc1C=NC1CCCC1.[O-]c1ccc(Cl)cc1C=NC1CCCC1.[Zn+2]. The van der Waals surface area contributed by atoms with Crippen LogP contribution in [0.2, 0.25) is 10.0 Å². The van der Waals surface area contributed by atoms with Gasteiger partial charge < -0.3 is 10.2 Å². The number of benzene rings is 2. The molecule has 0 bridgehead atoms. The number of hydrogen-bond acceptors (Lipinski definition) is 4. The molecule has 0 amide bonds. The Kier molecular flexibility index (Phi) is 11.0. The molecule has 2 fully saturated rings. The van der Waals surface area contributed by atoms with Crippen LogP contribution in [0.3, 0.4) is 0 Å². The first kappa shape index (κ1) is 25.8. The van der Waals surface area contributed by atoms with Crippen molar-refractivity contribution in [2.75, 3.05) is 0 Å². The summed E-state index contributed by atoms with van der Waals surface area (Å²) in [5.41, 5.74) is 1.18. The first-order valence-corrected chi connectivity index (χ1v) is 11.3. The quantitative estimate of drug-likeness (QED) is 0.400. The zero-order chi connectivity index (χ0) is 21.3. The molecule has 2 aliphatic rings. The van der Waals surface area contributed by atoms with Crippen LogP contribution in [0.4, 0.5) is 0 Å². The second kappa shape index (κ2) is 13.2. The van der Waals surface area contributed by atoms with E-state index in [1.165, 1.54) is 37.8 Å². The van der Waals surface area contributed by atoms with E-state index in [1.54, 1.807) is 36.7 Å². The molecule has 2 saturated carbocycles. The number of rotatable bonds is 4. The third-order valence-electron chi connectivity index (χ3n) is 5.44. The number of nitrogens with zero attached hydrogens (tertiary/aromatic N) is 2. The van der Waals surface area contributed by atoms with Gasteiger partial charge in [-0.25, -0.2) is 0 Å². The standard InChI is InChI=1S/2C12H14ClNO.Zn/c2*13-10-5-6-12(15)9(7-10)8-14-11-3-1-2-4-11;/h2*5-8,11,15H,1-4H2;/q;;+2/p-2. The Hall–Kier alpha value is -1.42. The molecule has 4 rings (SSSR count). The van der Waals surface area contributed by atoms with Crippen LogP contribution < -0.4 is 10.2 Å². The average Bonchev–Trinajstić information content (AvgIpc) is 3.44. The van der Waals surface area contributed by atoms with Crippen LogP contribution in [0, 0.1) is 0 Å². The minimum absolute atomic E-state index is 0. The van der Waals surface area contributed by atoms with Crippen molar-refractivity contribution in [2.24, 2.45) is 9.98 Å². The molecule has 0 heterocycles. The van der Waals surface area contributed by atoms with Crippen LogP contribution >= 0.6 is 23.2 Å². The molecule has 0 spiro atoms. The van der Waals surface area contributed by atoms with E-state index in [9.17, 15) is 10.2 Å². The maximum Gasteiger partial charge on any atom is 2.00 e. The van der Waals surface area contributed by atoms with Crippen LogP contribution in [0.1, 0.15) is 62.5 Å². The van der Waals surface area contributed by atoms with Crippen molar-refractivity contribution in [3.05, 3.63) is 57.6 Å². The van der Waals surface area contributed by atoms with Gasteiger partial charge >= 0.3 is 19.5 Å². The van der Waals surface area contributed by atoms with Gasteiger partial charge in [0.05, 0.1) is 0 Å². The summed E-state index contributed by atoms with van der Waals surface area (Å²) in [5.74, 6) is -0.0257. The summed E-state index contributed by atoms with van der Waals surface area (Å²) < 4.78 is 0. The largest absolute Gasteiger partial charge is 2.00 e. The van der Waals surface area contributed by atoms with Crippen LogP contribution in [-0.2, 0) is 19.5 Å². The van der Waals surface area contributed by atoms with Gasteiger partial charge in [-0.05, 0) is 61.1 Å². The van der Waals surface area contributed by atoms with Crippen LogP contribution in [0.5, 0.6) is 11.5 Å². The maximum absolute atomic E-state index is 11.4. The van der Waals surface area contributed by atoms with Gasteiger partial charge in [0.1, 0.15) is 0 Å². The molecule has 7 heteroatoms. The van der Waals surface area contributed by atoms with Crippen molar-refractivity contribution >= 4 is 35.6 Å². The molecule has 0 aliphatic heterocycles. The van der Waals surface area contributed by atoms with E-state index < -0.39 is 0 Å². The second-order valence-electron chi connectivity index (χ2n) is 7.80. The van der Waals surface area contributed by atoms with E-state index in [0.717, 1.165) is 25.7 Å². The Bertz CT molecular complexity index is 820. The summed E-state index contributed by atoms with van der Waals surface area (Å²) >= 11 is 11.6. The fourth-order valence-corrected chi connectivity index (χ4v) is 4.08. The summed E-state index contributed by atoms with van der Waals surface area (Å²) in [5, 5.41) is 24.0. The normalized spacial score (nSPS) is 17.1. The minimum Gasteiger partial charge on any atom is -0.872 e. The fraction of sp³-hybridized carbons (Fsp3) is 0.417. The molecule has 0 unspecified atom stereocenters. The van der Waals surface area contributed by atoms with Crippen LogP contribution in [-0.4, -0.2) is 24.5 Å². The molecule has 2 aromatic carbocycles. The van der Waals surface area contributed by atoms with Gasteiger partial charge in [-0.3, -0.25) is 9.98 Å². The monoisotopic (exact) mass is 508 g/mol. The molecule has 2 aromatic rings. The third kappa shape index (κ3) is 8.56. The molecule has 0 radical (unpaired) electrons. The predicted molar refractivity (Wildman–Crippen MR) is 121 cm³/mol. The Morgan fingerprint density at radius 3 is 1.39 bits per heavy atom. The fourth-order valence-electron chi connectivity index (χ4n) is 3.72. The van der Waals surface area contributed by atoms with Crippen molar-refractivity contribution < 1.29 is 29.7 Å². The molecule has 0 saturated heterocycles. The van der Waals surface area contributed by atoms with Gasteiger partial charge in [-0.15, -0.1) is 0 Å². The molecular weight excluding hydrogens is 485 g/mol. The van der Waals surface area contributed by atoms with Crippen molar-refractivity contribution in [1.82, 2.24) is 0 Å². The number of aliphatic imine (C=N–C) groups is 2. The van der Waals surface area contributed by atoms with Crippen molar-refractivity contribution in [3.8, 4) is 11.5 Å². The molecule has 2 aliphatic carbocycles. The summed E-state index contributed by atoms with van der Waals surface area (Å²) in [6, 6.07) is 10.3. The first-order chi connectivity index (χ1) is 14.5. The summed E-state index contributed by atoms with van der Waals surface area (Å²) in [7, 11) is 0. The summed E-state index contributed by atoms with van der Waals surface area (Å²) in [4.78, 5) is 8.82. The Balaban J connectivity index is 0.000000213. The number of halogens is 2. The molecule has 0 aromatic heterocycles. The molecular formula is C24H26Cl2N2O2Zn. The second-order valence-corrected chi connectivity index (χ2v) is 8.67. The van der Waals surface area contributed by atoms with E-state index >= 15 is 0 Å². The van der Waals surface area contributed by atoms with Crippen molar-refractivity contribution in [2.45, 2.75) is 63.5 Å². The minimum atomic E-state index is -0.0128. The van der Waals surface area contributed by atoms with Crippen LogP contribution in [0.25, 0.3) is 0 Å². The van der Waals surface area contributed by atoms with Gasteiger partial charge in [-0.2, -0.15) is 0 Å². The van der Waals surface area contributed by atoms with Gasteiger partial charge in [-0.1, -0.05) is 72.5 Å². The smallest absolute Gasteiger partial charge is 0.872 e. The van der Waals surface area contributed by atoms with Crippen molar-refractivity contribution in [3.63, 3.8) is 0 Å². The van der Waals surface area contributed by atoms with Gasteiger partial charge in [0, 0.05) is 34.6 Å². The molecule has 0 atom stereocenters. The van der Waals surface area contributed by atoms with E-state index in [-0.39, 0.29) is 31.0 Å². The van der Waals surface area contributed by atoms with E-state index in [4.69, 9.17) is 23.2 Å². The Morgan fingerprint density at radius 1 is 0.677 bits per heavy atom. The third-order valence-corrected chi connectivity index (χ3v) is 5.91. The predicted octanol–water partition coefficient (Wildman–Crippen LogP) is 5.55. The zero-order valence-corrected chi connectivity index (χ0v) is 22.1. The Morgan fingerprint density at radius 2 is 1.03 bits per heavy atom. The van der Waals surface area contributed by atoms with E-state index in [2.05, 4.69) is 9.98 Å². The molecule has 0 N–H and O–H groups in total. The molecule has 160 valence electrons. The molecule has 31 heavy (non-hydrogen) atoms. The van der Waals surface area contributed by atoms with E-state index in [1.807, 2.05) is 0 Å². The van der Waals surface area contributed by atoms with E-state index in [0.29, 0.717) is 33.3 Å². The zero-order valence-electron chi connectivity index (χ0n) is 17.6. The van der Waals surface area contributed by atoms with Crippen molar-refractivity contribution in [1.29, 1.82) is 0 Å². The van der Waals surface area contributed by atoms with Gasteiger partial charge in [0.25, 0.3) is 0 Å². The Labute approximate surface area is 207 Å². The molecule has 4 nitrogen and oxygen atoms in total.